The zero-order chi connectivity index (χ0) is 10.8. The highest BCUT2D eigenvalue weighted by molar-refractivity contribution is 4.90. The van der Waals surface area contributed by atoms with E-state index < -0.39 is 0 Å². The van der Waals surface area contributed by atoms with Crippen molar-refractivity contribution in [2.45, 2.75) is 32.9 Å². The zero-order valence-corrected chi connectivity index (χ0v) is 10.2. The lowest BCUT2D eigenvalue weighted by atomic mass is 9.84. The van der Waals surface area contributed by atoms with Crippen molar-refractivity contribution in [1.82, 2.24) is 10.2 Å². The van der Waals surface area contributed by atoms with Gasteiger partial charge in [-0.2, -0.15) is 0 Å². The van der Waals surface area contributed by atoms with Crippen molar-refractivity contribution in [3.05, 3.63) is 0 Å². The molecule has 2 fully saturated rings. The molecule has 3 atom stereocenters. The minimum Gasteiger partial charge on any atom is -0.379 e. The monoisotopic (exact) mass is 212 g/mol. The molecule has 2 rings (SSSR count). The molecule has 0 aromatic heterocycles. The van der Waals surface area contributed by atoms with Crippen LogP contribution in [0, 0.1) is 11.8 Å². The van der Waals surface area contributed by atoms with Crippen LogP contribution in [0.2, 0.25) is 0 Å². The molecule has 0 saturated carbocycles. The molecule has 3 heteroatoms. The number of hydrogen-bond donors (Lipinski definition) is 1. The average Bonchev–Trinajstić information content (AvgIpc) is 2.20. The van der Waals surface area contributed by atoms with Crippen molar-refractivity contribution in [2.24, 2.45) is 11.8 Å². The number of nitrogens with one attached hydrogen (secondary N) is 1. The average molecular weight is 212 g/mol. The molecule has 15 heavy (non-hydrogen) atoms. The Bertz CT molecular complexity index is 200. The Hall–Kier alpha value is -0.120. The Balaban J connectivity index is 2.05. The third-order valence-corrected chi connectivity index (χ3v) is 3.90. The van der Waals surface area contributed by atoms with Crippen LogP contribution in [0.25, 0.3) is 0 Å². The van der Waals surface area contributed by atoms with Gasteiger partial charge in [-0.25, -0.2) is 0 Å². The maximum Gasteiger partial charge on any atom is 0.0619 e. The standard InChI is InChI=1S/C12H24N2O/c1-9-6-13-7-10(2)12(9)14-4-5-15-8-11(14)3/h9-13H,4-8H2,1-3H3/t9?,10?,11-,12?/m1/s1. The maximum absolute atomic E-state index is 5.52. The molecule has 0 bridgehead atoms. The first-order chi connectivity index (χ1) is 7.20. The van der Waals surface area contributed by atoms with E-state index in [1.807, 2.05) is 0 Å². The summed E-state index contributed by atoms with van der Waals surface area (Å²) < 4.78 is 5.52. The molecule has 0 radical (unpaired) electrons. The first kappa shape index (κ1) is 11.4. The molecular formula is C12H24N2O. The molecule has 2 saturated heterocycles. The third-order valence-electron chi connectivity index (χ3n) is 3.90. The largest absolute Gasteiger partial charge is 0.379 e. The molecule has 0 amide bonds. The molecule has 3 nitrogen and oxygen atoms in total. The molecule has 0 aliphatic carbocycles. The molecular weight excluding hydrogens is 188 g/mol. The van der Waals surface area contributed by atoms with Crippen LogP contribution >= 0.6 is 0 Å². The SMILES string of the molecule is CC1CNCC(C)C1N1CCOC[C@H]1C. The fourth-order valence-corrected chi connectivity index (χ4v) is 3.18. The zero-order valence-electron chi connectivity index (χ0n) is 10.2. The van der Waals surface area contributed by atoms with Crippen LogP contribution in [0.4, 0.5) is 0 Å². The minimum atomic E-state index is 0.590. The second-order valence-corrected chi connectivity index (χ2v) is 5.27. The van der Waals surface area contributed by atoms with Gasteiger partial charge in [0, 0.05) is 18.6 Å². The fraction of sp³-hybridized carbons (Fsp3) is 1.00. The van der Waals surface area contributed by atoms with Crippen LogP contribution in [-0.4, -0.2) is 49.8 Å². The summed E-state index contributed by atoms with van der Waals surface area (Å²) >= 11 is 0. The second kappa shape index (κ2) is 4.81. The first-order valence-corrected chi connectivity index (χ1v) is 6.24. The highest BCUT2D eigenvalue weighted by Gasteiger charge is 2.35. The van der Waals surface area contributed by atoms with Crippen LogP contribution < -0.4 is 5.32 Å². The van der Waals surface area contributed by atoms with Crippen LogP contribution in [-0.2, 0) is 4.74 Å². The van der Waals surface area contributed by atoms with E-state index in [0.29, 0.717) is 6.04 Å². The fourth-order valence-electron chi connectivity index (χ4n) is 3.18. The van der Waals surface area contributed by atoms with E-state index >= 15 is 0 Å². The van der Waals surface area contributed by atoms with Gasteiger partial charge in [0.05, 0.1) is 13.2 Å². The number of piperidine rings is 1. The van der Waals surface area contributed by atoms with Gasteiger partial charge in [0.2, 0.25) is 0 Å². The molecule has 0 aromatic rings. The first-order valence-electron chi connectivity index (χ1n) is 6.24. The van der Waals surface area contributed by atoms with Crippen molar-refractivity contribution in [1.29, 1.82) is 0 Å². The molecule has 88 valence electrons. The van der Waals surface area contributed by atoms with Gasteiger partial charge in [-0.05, 0) is 31.8 Å². The van der Waals surface area contributed by atoms with Gasteiger partial charge in [0.1, 0.15) is 0 Å². The molecule has 0 aromatic carbocycles. The van der Waals surface area contributed by atoms with E-state index in [4.69, 9.17) is 4.74 Å². The Kier molecular flexibility index (Phi) is 3.65. The van der Waals surface area contributed by atoms with Gasteiger partial charge in [-0.3, -0.25) is 4.90 Å². The number of ether oxygens (including phenoxy) is 1. The summed E-state index contributed by atoms with van der Waals surface area (Å²) in [6.07, 6.45) is 0. The molecule has 2 aliphatic heterocycles. The number of morpholine rings is 1. The van der Waals surface area contributed by atoms with E-state index in [0.717, 1.165) is 37.6 Å². The molecule has 0 spiro atoms. The van der Waals surface area contributed by atoms with Gasteiger partial charge in [-0.15, -0.1) is 0 Å². The molecule has 2 heterocycles. The highest BCUT2D eigenvalue weighted by Crippen LogP contribution is 2.25. The van der Waals surface area contributed by atoms with Crippen molar-refractivity contribution in [3.63, 3.8) is 0 Å². The summed E-state index contributed by atoms with van der Waals surface area (Å²) in [6.45, 7) is 12.3. The second-order valence-electron chi connectivity index (χ2n) is 5.27. The van der Waals surface area contributed by atoms with Crippen LogP contribution in [0.15, 0.2) is 0 Å². The van der Waals surface area contributed by atoms with Crippen LogP contribution in [0.5, 0.6) is 0 Å². The van der Waals surface area contributed by atoms with E-state index in [1.54, 1.807) is 0 Å². The maximum atomic E-state index is 5.52. The predicted molar refractivity (Wildman–Crippen MR) is 62.0 cm³/mol. The summed E-state index contributed by atoms with van der Waals surface area (Å²) in [5.41, 5.74) is 0. The van der Waals surface area contributed by atoms with Crippen LogP contribution in [0.1, 0.15) is 20.8 Å². The quantitative estimate of drug-likeness (QED) is 0.700. The minimum absolute atomic E-state index is 0.590. The normalized spacial score (nSPS) is 44.2. The van der Waals surface area contributed by atoms with Crippen molar-refractivity contribution >= 4 is 0 Å². The lowest BCUT2D eigenvalue weighted by Gasteiger charge is -2.47. The van der Waals surface area contributed by atoms with Gasteiger partial charge < -0.3 is 10.1 Å². The predicted octanol–water partition coefficient (Wildman–Crippen LogP) is 0.951. The number of nitrogens with zero attached hydrogens (tertiary/aromatic N) is 1. The Morgan fingerprint density at radius 1 is 1.13 bits per heavy atom. The Labute approximate surface area is 93.2 Å². The lowest BCUT2D eigenvalue weighted by molar-refractivity contribution is -0.0517. The third kappa shape index (κ3) is 2.35. The summed E-state index contributed by atoms with van der Waals surface area (Å²) in [5, 5.41) is 3.51. The van der Waals surface area contributed by atoms with Gasteiger partial charge >= 0.3 is 0 Å². The van der Waals surface area contributed by atoms with E-state index in [9.17, 15) is 0 Å². The van der Waals surface area contributed by atoms with E-state index in [1.165, 1.54) is 13.1 Å². The lowest BCUT2D eigenvalue weighted by Crippen LogP contribution is -2.59. The summed E-state index contributed by atoms with van der Waals surface area (Å²) in [4.78, 5) is 2.67. The van der Waals surface area contributed by atoms with E-state index in [2.05, 4.69) is 31.0 Å². The van der Waals surface area contributed by atoms with Crippen molar-refractivity contribution < 1.29 is 4.74 Å². The molecule has 1 N–H and O–H groups in total. The highest BCUT2D eigenvalue weighted by atomic mass is 16.5. The number of rotatable bonds is 1. The molecule has 2 unspecified atom stereocenters. The van der Waals surface area contributed by atoms with Crippen molar-refractivity contribution in [2.75, 3.05) is 32.8 Å². The van der Waals surface area contributed by atoms with Gasteiger partial charge in [0.15, 0.2) is 0 Å². The summed E-state index contributed by atoms with van der Waals surface area (Å²) in [5.74, 6) is 1.52. The summed E-state index contributed by atoms with van der Waals surface area (Å²) in [7, 11) is 0. The summed E-state index contributed by atoms with van der Waals surface area (Å²) in [6, 6.07) is 1.33. The van der Waals surface area contributed by atoms with Gasteiger partial charge in [0.25, 0.3) is 0 Å². The van der Waals surface area contributed by atoms with Crippen molar-refractivity contribution in [3.8, 4) is 0 Å². The Morgan fingerprint density at radius 2 is 1.80 bits per heavy atom. The Morgan fingerprint density at radius 3 is 2.40 bits per heavy atom. The smallest absolute Gasteiger partial charge is 0.0619 e. The molecule has 2 aliphatic rings. The topological polar surface area (TPSA) is 24.5 Å². The number of hydrogen-bond acceptors (Lipinski definition) is 3. The van der Waals surface area contributed by atoms with Crippen LogP contribution in [0.3, 0.4) is 0 Å². The van der Waals surface area contributed by atoms with Gasteiger partial charge in [-0.1, -0.05) is 13.8 Å². The van der Waals surface area contributed by atoms with E-state index in [-0.39, 0.29) is 0 Å².